The van der Waals surface area contributed by atoms with E-state index in [1.54, 1.807) is 37.3 Å². The van der Waals surface area contributed by atoms with Gasteiger partial charge in [-0.3, -0.25) is 9.59 Å². The standard InChI is InChI=1S/C26H30FIN2O6/c1-2-35-16-24(32)30(15-17-7-9-19(27)10-8-17)21-13-18(26(34)29-11-12-31)14-23(25(21)33)36-22-6-4-3-5-20(22)28/h3-10,14,21,23,25,31,33H,2,11-13,15-16H2,1H3,(H,29,34). The van der Waals surface area contributed by atoms with Gasteiger partial charge in [0, 0.05) is 31.7 Å². The number of amides is 2. The molecule has 1 aliphatic carbocycles. The van der Waals surface area contributed by atoms with E-state index >= 15 is 0 Å². The summed E-state index contributed by atoms with van der Waals surface area (Å²) >= 11 is 2.12. The molecule has 0 aliphatic heterocycles. The lowest BCUT2D eigenvalue weighted by Crippen LogP contribution is -2.55. The molecule has 8 nitrogen and oxygen atoms in total. The van der Waals surface area contributed by atoms with Gasteiger partial charge in [-0.2, -0.15) is 0 Å². The second-order valence-corrected chi connectivity index (χ2v) is 9.39. The van der Waals surface area contributed by atoms with Gasteiger partial charge in [-0.05, 0) is 65.4 Å². The number of nitrogens with one attached hydrogen (secondary N) is 1. The Morgan fingerprint density at radius 2 is 1.92 bits per heavy atom. The number of aliphatic hydroxyl groups excluding tert-OH is 2. The number of carbonyl (C=O) groups is 2. The first-order valence-corrected chi connectivity index (χ1v) is 12.7. The van der Waals surface area contributed by atoms with Gasteiger partial charge in [0.2, 0.25) is 11.8 Å². The largest absolute Gasteiger partial charge is 0.482 e. The Balaban J connectivity index is 1.96. The van der Waals surface area contributed by atoms with Gasteiger partial charge in [0.1, 0.15) is 30.4 Å². The summed E-state index contributed by atoms with van der Waals surface area (Å²) in [4.78, 5) is 27.5. The zero-order valence-corrected chi connectivity index (χ0v) is 22.1. The van der Waals surface area contributed by atoms with Crippen LogP contribution in [-0.4, -0.2) is 71.5 Å². The number of hydrogen-bond donors (Lipinski definition) is 3. The van der Waals surface area contributed by atoms with Crippen LogP contribution in [0.1, 0.15) is 18.9 Å². The van der Waals surface area contributed by atoms with Crippen LogP contribution >= 0.6 is 22.6 Å². The highest BCUT2D eigenvalue weighted by Crippen LogP contribution is 2.30. The molecule has 194 valence electrons. The van der Waals surface area contributed by atoms with Crippen molar-refractivity contribution < 1.29 is 33.7 Å². The third kappa shape index (κ3) is 7.48. The van der Waals surface area contributed by atoms with Crippen molar-refractivity contribution in [2.75, 3.05) is 26.4 Å². The molecule has 0 radical (unpaired) electrons. The minimum Gasteiger partial charge on any atom is -0.482 e. The molecule has 1 aliphatic rings. The van der Waals surface area contributed by atoms with Crippen molar-refractivity contribution in [3.8, 4) is 5.75 Å². The number of ether oxygens (including phenoxy) is 2. The summed E-state index contributed by atoms with van der Waals surface area (Å²) in [5.74, 6) is -0.674. The van der Waals surface area contributed by atoms with Crippen molar-refractivity contribution in [1.82, 2.24) is 10.2 Å². The summed E-state index contributed by atoms with van der Waals surface area (Å²) in [6.07, 6.45) is -0.477. The first-order valence-electron chi connectivity index (χ1n) is 11.6. The smallest absolute Gasteiger partial charge is 0.249 e. The quantitative estimate of drug-likeness (QED) is 0.337. The maximum absolute atomic E-state index is 13.5. The average Bonchev–Trinajstić information content (AvgIpc) is 2.88. The number of hydrogen-bond acceptors (Lipinski definition) is 6. The van der Waals surface area contributed by atoms with E-state index in [1.807, 2.05) is 12.1 Å². The molecule has 0 bridgehead atoms. The van der Waals surface area contributed by atoms with Crippen molar-refractivity contribution in [2.24, 2.45) is 0 Å². The Labute approximate surface area is 223 Å². The number of aliphatic hydroxyl groups is 2. The third-order valence-electron chi connectivity index (χ3n) is 5.73. The Morgan fingerprint density at radius 1 is 1.19 bits per heavy atom. The van der Waals surface area contributed by atoms with Crippen LogP contribution in [0.3, 0.4) is 0 Å². The van der Waals surface area contributed by atoms with Gasteiger partial charge >= 0.3 is 0 Å². The lowest BCUT2D eigenvalue weighted by atomic mass is 9.88. The lowest BCUT2D eigenvalue weighted by molar-refractivity contribution is -0.144. The van der Waals surface area contributed by atoms with Crippen LogP contribution in [0.15, 0.2) is 60.2 Å². The van der Waals surface area contributed by atoms with Gasteiger partial charge in [-0.1, -0.05) is 24.3 Å². The maximum atomic E-state index is 13.5. The molecule has 0 aromatic heterocycles. The van der Waals surface area contributed by atoms with Gasteiger partial charge in [0.15, 0.2) is 0 Å². The molecule has 36 heavy (non-hydrogen) atoms. The van der Waals surface area contributed by atoms with Crippen molar-refractivity contribution in [1.29, 1.82) is 0 Å². The molecule has 0 heterocycles. The monoisotopic (exact) mass is 612 g/mol. The highest BCUT2D eigenvalue weighted by Gasteiger charge is 2.40. The van der Waals surface area contributed by atoms with E-state index in [0.717, 1.165) is 3.57 Å². The van der Waals surface area contributed by atoms with Crippen molar-refractivity contribution in [3.05, 3.63) is 75.1 Å². The minimum absolute atomic E-state index is 0.0588. The molecular weight excluding hydrogens is 582 g/mol. The van der Waals surface area contributed by atoms with E-state index in [2.05, 4.69) is 27.9 Å². The molecular formula is C26H30FIN2O6. The molecule has 0 saturated heterocycles. The molecule has 0 saturated carbocycles. The van der Waals surface area contributed by atoms with Crippen LogP contribution in [0.5, 0.6) is 5.75 Å². The fourth-order valence-electron chi connectivity index (χ4n) is 3.92. The Bertz CT molecular complexity index is 1060. The van der Waals surface area contributed by atoms with E-state index in [0.29, 0.717) is 23.5 Å². The van der Waals surface area contributed by atoms with Gasteiger partial charge in [-0.25, -0.2) is 4.39 Å². The number of rotatable bonds is 11. The van der Waals surface area contributed by atoms with E-state index < -0.39 is 30.0 Å². The summed E-state index contributed by atoms with van der Waals surface area (Å²) in [5, 5.41) is 23.1. The van der Waals surface area contributed by atoms with Gasteiger partial charge in [-0.15, -0.1) is 0 Å². The molecule has 2 aromatic carbocycles. The zero-order valence-electron chi connectivity index (χ0n) is 19.9. The maximum Gasteiger partial charge on any atom is 0.249 e. The van der Waals surface area contributed by atoms with Crippen LogP contribution in [0.25, 0.3) is 0 Å². The summed E-state index contributed by atoms with van der Waals surface area (Å²) in [5.41, 5.74) is 0.979. The van der Waals surface area contributed by atoms with E-state index in [9.17, 15) is 19.1 Å². The van der Waals surface area contributed by atoms with Crippen molar-refractivity contribution in [3.63, 3.8) is 0 Å². The molecule has 0 fully saturated rings. The topological polar surface area (TPSA) is 108 Å². The van der Waals surface area contributed by atoms with E-state index in [1.165, 1.54) is 17.0 Å². The zero-order chi connectivity index (χ0) is 26.1. The molecule has 3 atom stereocenters. The molecule has 3 rings (SSSR count). The van der Waals surface area contributed by atoms with E-state index in [-0.39, 0.29) is 38.6 Å². The minimum atomic E-state index is -1.17. The highest BCUT2D eigenvalue weighted by atomic mass is 127. The fourth-order valence-corrected chi connectivity index (χ4v) is 4.43. The van der Waals surface area contributed by atoms with Crippen LogP contribution in [-0.2, 0) is 20.9 Å². The fraction of sp³-hybridized carbons (Fsp3) is 0.385. The first kappa shape index (κ1) is 28.0. The third-order valence-corrected chi connectivity index (χ3v) is 6.62. The average molecular weight is 612 g/mol. The van der Waals surface area contributed by atoms with Crippen LogP contribution < -0.4 is 10.1 Å². The summed E-state index contributed by atoms with van der Waals surface area (Å²) in [6.45, 7) is 1.81. The van der Waals surface area contributed by atoms with Gasteiger partial charge in [0.05, 0.1) is 16.2 Å². The SMILES string of the molecule is CCOCC(=O)N(Cc1ccc(F)cc1)C1CC(C(=O)NCCO)=CC(Oc2ccccc2I)C1O. The lowest BCUT2D eigenvalue weighted by Gasteiger charge is -2.40. The molecule has 2 amide bonds. The molecule has 3 N–H and O–H groups in total. The molecule has 3 unspecified atom stereocenters. The molecule has 0 spiro atoms. The van der Waals surface area contributed by atoms with Gasteiger partial charge < -0.3 is 29.9 Å². The predicted molar refractivity (Wildman–Crippen MR) is 140 cm³/mol. The highest BCUT2D eigenvalue weighted by molar-refractivity contribution is 14.1. The number of benzene rings is 2. The van der Waals surface area contributed by atoms with Crippen LogP contribution in [0.4, 0.5) is 4.39 Å². The van der Waals surface area contributed by atoms with Crippen molar-refractivity contribution in [2.45, 2.75) is 38.1 Å². The van der Waals surface area contributed by atoms with Gasteiger partial charge in [0.25, 0.3) is 0 Å². The summed E-state index contributed by atoms with van der Waals surface area (Å²) < 4.78 is 25.7. The normalized spacial score (nSPS) is 19.4. The summed E-state index contributed by atoms with van der Waals surface area (Å²) in [7, 11) is 0. The second kappa shape index (κ2) is 13.7. The Hall–Kier alpha value is -2.54. The number of para-hydroxylation sites is 1. The predicted octanol–water partition coefficient (Wildman–Crippen LogP) is 2.41. The molecule has 10 heteroatoms. The number of carbonyl (C=O) groups excluding carboxylic acids is 2. The molecule has 2 aromatic rings. The van der Waals surface area contributed by atoms with Crippen LogP contribution in [0, 0.1) is 9.39 Å². The van der Waals surface area contributed by atoms with E-state index in [4.69, 9.17) is 14.6 Å². The number of nitrogens with zero attached hydrogens (tertiary/aromatic N) is 1. The Kier molecular flexibility index (Phi) is 10.7. The van der Waals surface area contributed by atoms with Crippen molar-refractivity contribution >= 4 is 34.4 Å². The first-order chi connectivity index (χ1) is 17.3. The summed E-state index contributed by atoms with van der Waals surface area (Å²) in [6, 6.07) is 12.2. The second-order valence-electron chi connectivity index (χ2n) is 8.23. The number of halogens is 2. The van der Waals surface area contributed by atoms with Crippen LogP contribution in [0.2, 0.25) is 0 Å². The Morgan fingerprint density at radius 3 is 2.58 bits per heavy atom.